The number of para-hydroxylation sites is 1. The first-order valence-corrected chi connectivity index (χ1v) is 6.65. The molecule has 0 unspecified atom stereocenters. The number of nitrogens with two attached hydrogens (primary N) is 1. The molecular weight excluding hydrogens is 246 g/mol. The Bertz CT molecular complexity index is 742. The topological polar surface area (TPSA) is 43.8 Å². The average Bonchev–Trinajstić information content (AvgIpc) is 2.75. The van der Waals surface area contributed by atoms with Crippen molar-refractivity contribution in [2.24, 2.45) is 0 Å². The lowest BCUT2D eigenvalue weighted by Crippen LogP contribution is -2.03. The van der Waals surface area contributed by atoms with Gasteiger partial charge in [-0.15, -0.1) is 0 Å². The first-order valence-electron chi connectivity index (χ1n) is 6.65. The fourth-order valence-corrected chi connectivity index (χ4v) is 2.49. The lowest BCUT2D eigenvalue weighted by atomic mass is 10.1. The van der Waals surface area contributed by atoms with Crippen molar-refractivity contribution in [3.8, 4) is 16.8 Å². The van der Waals surface area contributed by atoms with Gasteiger partial charge < -0.3 is 5.73 Å². The van der Waals surface area contributed by atoms with E-state index < -0.39 is 0 Å². The van der Waals surface area contributed by atoms with Gasteiger partial charge in [0.15, 0.2) is 0 Å². The standard InChI is InChI=1S/C17H17N3/c1-12-8-6-7-11-15(12)20-17(18)16(13(2)19-20)14-9-4-3-5-10-14/h3-11H,18H2,1-2H3. The molecule has 0 radical (unpaired) electrons. The van der Waals surface area contributed by atoms with Crippen molar-refractivity contribution >= 4 is 5.82 Å². The molecule has 1 heterocycles. The highest BCUT2D eigenvalue weighted by Gasteiger charge is 2.15. The maximum atomic E-state index is 6.34. The van der Waals surface area contributed by atoms with Gasteiger partial charge in [-0.3, -0.25) is 0 Å². The Morgan fingerprint density at radius 1 is 0.900 bits per heavy atom. The minimum Gasteiger partial charge on any atom is -0.383 e. The van der Waals surface area contributed by atoms with Crippen LogP contribution < -0.4 is 5.73 Å². The van der Waals surface area contributed by atoms with E-state index in [9.17, 15) is 0 Å². The molecule has 0 amide bonds. The quantitative estimate of drug-likeness (QED) is 0.765. The van der Waals surface area contributed by atoms with Gasteiger partial charge in [-0.25, -0.2) is 4.68 Å². The first-order chi connectivity index (χ1) is 9.68. The van der Waals surface area contributed by atoms with E-state index in [1.807, 2.05) is 48.0 Å². The summed E-state index contributed by atoms with van der Waals surface area (Å²) in [6.07, 6.45) is 0. The molecule has 0 spiro atoms. The maximum absolute atomic E-state index is 6.34. The Balaban J connectivity index is 2.20. The molecule has 3 aromatic rings. The Hall–Kier alpha value is -2.55. The molecule has 0 bridgehead atoms. The van der Waals surface area contributed by atoms with Gasteiger partial charge in [0, 0.05) is 5.56 Å². The highest BCUT2D eigenvalue weighted by Crippen LogP contribution is 2.31. The summed E-state index contributed by atoms with van der Waals surface area (Å²) >= 11 is 0. The third kappa shape index (κ3) is 1.97. The van der Waals surface area contributed by atoms with Gasteiger partial charge in [-0.05, 0) is 31.0 Å². The van der Waals surface area contributed by atoms with Crippen LogP contribution in [0, 0.1) is 13.8 Å². The molecule has 3 heteroatoms. The van der Waals surface area contributed by atoms with Crippen molar-refractivity contribution in [2.45, 2.75) is 13.8 Å². The van der Waals surface area contributed by atoms with Crippen molar-refractivity contribution in [1.29, 1.82) is 0 Å². The van der Waals surface area contributed by atoms with Crippen LogP contribution in [0.5, 0.6) is 0 Å². The number of nitrogen functional groups attached to an aromatic ring is 1. The van der Waals surface area contributed by atoms with Gasteiger partial charge in [-0.2, -0.15) is 5.10 Å². The van der Waals surface area contributed by atoms with Gasteiger partial charge >= 0.3 is 0 Å². The van der Waals surface area contributed by atoms with E-state index in [0.29, 0.717) is 5.82 Å². The molecule has 2 N–H and O–H groups in total. The molecule has 0 atom stereocenters. The van der Waals surface area contributed by atoms with E-state index in [2.05, 4.69) is 30.2 Å². The summed E-state index contributed by atoms with van der Waals surface area (Å²) < 4.78 is 1.83. The lowest BCUT2D eigenvalue weighted by molar-refractivity contribution is 0.865. The van der Waals surface area contributed by atoms with Crippen LogP contribution in [0.1, 0.15) is 11.3 Å². The third-order valence-corrected chi connectivity index (χ3v) is 3.50. The van der Waals surface area contributed by atoms with Gasteiger partial charge in [-0.1, -0.05) is 48.5 Å². The number of hydrogen-bond donors (Lipinski definition) is 1. The normalized spacial score (nSPS) is 10.7. The van der Waals surface area contributed by atoms with Gasteiger partial charge in [0.2, 0.25) is 0 Å². The number of aryl methyl sites for hydroxylation is 2. The van der Waals surface area contributed by atoms with Crippen LogP contribution >= 0.6 is 0 Å². The number of anilines is 1. The zero-order valence-electron chi connectivity index (χ0n) is 11.7. The summed E-state index contributed by atoms with van der Waals surface area (Å²) in [7, 11) is 0. The summed E-state index contributed by atoms with van der Waals surface area (Å²) in [5.74, 6) is 0.683. The molecular formula is C17H17N3. The number of hydrogen-bond acceptors (Lipinski definition) is 2. The number of rotatable bonds is 2. The summed E-state index contributed by atoms with van der Waals surface area (Å²) in [6, 6.07) is 18.3. The summed E-state index contributed by atoms with van der Waals surface area (Å²) in [4.78, 5) is 0. The van der Waals surface area contributed by atoms with Crippen molar-refractivity contribution < 1.29 is 0 Å². The predicted octanol–water partition coefficient (Wildman–Crippen LogP) is 3.74. The molecule has 0 saturated heterocycles. The van der Waals surface area contributed by atoms with Crippen molar-refractivity contribution in [1.82, 2.24) is 9.78 Å². The van der Waals surface area contributed by atoms with E-state index >= 15 is 0 Å². The Labute approximate surface area is 118 Å². The molecule has 1 aromatic heterocycles. The van der Waals surface area contributed by atoms with Gasteiger partial charge in [0.25, 0.3) is 0 Å². The first kappa shape index (κ1) is 12.5. The molecule has 3 rings (SSSR count). The molecule has 0 aliphatic heterocycles. The zero-order chi connectivity index (χ0) is 14.1. The van der Waals surface area contributed by atoms with Crippen LogP contribution in [-0.4, -0.2) is 9.78 Å². The molecule has 3 nitrogen and oxygen atoms in total. The molecule has 100 valence electrons. The van der Waals surface area contributed by atoms with Gasteiger partial charge in [0.05, 0.1) is 11.4 Å². The zero-order valence-corrected chi connectivity index (χ0v) is 11.7. The number of benzene rings is 2. The maximum Gasteiger partial charge on any atom is 0.135 e. The minimum atomic E-state index is 0.683. The molecule has 0 aliphatic rings. The second-order valence-electron chi connectivity index (χ2n) is 4.91. The molecule has 20 heavy (non-hydrogen) atoms. The summed E-state index contributed by atoms with van der Waals surface area (Å²) in [5, 5.41) is 4.61. The van der Waals surface area contributed by atoms with Crippen LogP contribution in [0.25, 0.3) is 16.8 Å². The van der Waals surface area contributed by atoms with Crippen LogP contribution in [-0.2, 0) is 0 Å². The SMILES string of the molecule is Cc1ccccc1-n1nc(C)c(-c2ccccc2)c1N. The van der Waals surface area contributed by atoms with Crippen molar-refractivity contribution in [3.63, 3.8) is 0 Å². The van der Waals surface area contributed by atoms with Crippen LogP contribution in [0.4, 0.5) is 5.82 Å². The Kier molecular flexibility index (Phi) is 3.03. The van der Waals surface area contributed by atoms with E-state index in [-0.39, 0.29) is 0 Å². The van der Waals surface area contributed by atoms with E-state index in [1.54, 1.807) is 0 Å². The van der Waals surface area contributed by atoms with Crippen LogP contribution in [0.2, 0.25) is 0 Å². The number of nitrogens with zero attached hydrogens (tertiary/aromatic N) is 2. The fraction of sp³-hybridized carbons (Fsp3) is 0.118. The van der Waals surface area contributed by atoms with Crippen LogP contribution in [0.3, 0.4) is 0 Å². The van der Waals surface area contributed by atoms with E-state index in [4.69, 9.17) is 5.73 Å². The third-order valence-electron chi connectivity index (χ3n) is 3.50. The second-order valence-corrected chi connectivity index (χ2v) is 4.91. The monoisotopic (exact) mass is 263 g/mol. The smallest absolute Gasteiger partial charge is 0.135 e. The minimum absolute atomic E-state index is 0.683. The summed E-state index contributed by atoms with van der Waals surface area (Å²) in [5.41, 5.74) is 11.6. The van der Waals surface area contributed by atoms with Gasteiger partial charge in [0.1, 0.15) is 5.82 Å². The molecule has 2 aromatic carbocycles. The van der Waals surface area contributed by atoms with Crippen molar-refractivity contribution in [2.75, 3.05) is 5.73 Å². The summed E-state index contributed by atoms with van der Waals surface area (Å²) in [6.45, 7) is 4.06. The highest BCUT2D eigenvalue weighted by molar-refractivity contribution is 5.77. The van der Waals surface area contributed by atoms with E-state index in [0.717, 1.165) is 28.1 Å². The largest absolute Gasteiger partial charge is 0.383 e. The lowest BCUT2D eigenvalue weighted by Gasteiger charge is -2.08. The fourth-order valence-electron chi connectivity index (χ4n) is 2.49. The average molecular weight is 263 g/mol. The van der Waals surface area contributed by atoms with E-state index in [1.165, 1.54) is 0 Å². The Morgan fingerprint density at radius 3 is 2.25 bits per heavy atom. The molecule has 0 saturated carbocycles. The predicted molar refractivity (Wildman–Crippen MR) is 82.9 cm³/mol. The Morgan fingerprint density at radius 2 is 1.55 bits per heavy atom. The van der Waals surface area contributed by atoms with Crippen LogP contribution in [0.15, 0.2) is 54.6 Å². The second kappa shape index (κ2) is 4.85. The highest BCUT2D eigenvalue weighted by atomic mass is 15.3. The molecule has 0 fully saturated rings. The molecule has 0 aliphatic carbocycles. The van der Waals surface area contributed by atoms with Crippen molar-refractivity contribution in [3.05, 3.63) is 65.9 Å². The number of aromatic nitrogens is 2.